The zero-order valence-corrected chi connectivity index (χ0v) is 18.0. The number of nitrogens with two attached hydrogens (primary N) is 1. The van der Waals surface area contributed by atoms with E-state index in [0.29, 0.717) is 19.0 Å². The van der Waals surface area contributed by atoms with Gasteiger partial charge in [-0.05, 0) is 62.1 Å². The van der Waals surface area contributed by atoms with Gasteiger partial charge in [0, 0.05) is 25.2 Å². The normalized spacial score (nSPS) is 35.4. The first-order valence-corrected chi connectivity index (χ1v) is 11.7. The molecule has 3 saturated heterocycles. The summed E-state index contributed by atoms with van der Waals surface area (Å²) in [6, 6.07) is 7.75. The monoisotopic (exact) mass is 437 g/mol. The summed E-state index contributed by atoms with van der Waals surface area (Å²) >= 11 is 0. The van der Waals surface area contributed by atoms with Crippen molar-refractivity contribution in [3.63, 3.8) is 0 Å². The highest BCUT2D eigenvalue weighted by Crippen LogP contribution is 2.52. The average Bonchev–Trinajstić information content (AvgIpc) is 3.09. The maximum Gasteiger partial charge on any atom is 0.242 e. The number of likely N-dealkylation sites (tertiary alicyclic amines) is 3. The number of benzene rings is 1. The standard InChI is InChI=1S/C24H28FN5O2/c25-16-4-2-15(3-5-16)24(6-1-7-24)30-18-10-21(23(30)32)28(12-18)13-19(27)22(31)29-17(11-26)8-14-9-20(14)29/h2-5,14,17-21H,1,6-10,12-13,27H2/t14?,17-,18+,19-,20-,21+/m0/s1. The lowest BCUT2D eigenvalue weighted by atomic mass is 9.70. The summed E-state index contributed by atoms with van der Waals surface area (Å²) in [5, 5.41) is 9.39. The van der Waals surface area contributed by atoms with E-state index in [4.69, 9.17) is 5.73 Å². The van der Waals surface area contributed by atoms with E-state index in [1.807, 2.05) is 12.1 Å². The number of halogens is 1. The summed E-state index contributed by atoms with van der Waals surface area (Å²) in [5.74, 6) is 0.133. The number of carbonyl (C=O) groups excluding carboxylic acids is 2. The second kappa shape index (κ2) is 7.00. The quantitative estimate of drug-likeness (QED) is 0.750. The number of nitriles is 1. The SMILES string of the molecule is N#C[C@@H]1CC2C[C@@H]2N1C(=O)[C@@H](N)CN1C[C@H]2C[C@@H]1C(=O)N2C1(c2ccc(F)cc2)CCC1. The number of nitrogens with zero attached hydrogens (tertiary/aromatic N) is 4. The Morgan fingerprint density at radius 2 is 2.00 bits per heavy atom. The van der Waals surface area contributed by atoms with Crippen LogP contribution in [0.15, 0.2) is 24.3 Å². The van der Waals surface area contributed by atoms with Crippen LogP contribution in [0, 0.1) is 23.1 Å². The molecular weight excluding hydrogens is 409 g/mol. The molecule has 6 rings (SSSR count). The van der Waals surface area contributed by atoms with Gasteiger partial charge in [-0.2, -0.15) is 5.26 Å². The van der Waals surface area contributed by atoms with Crippen LogP contribution >= 0.6 is 0 Å². The molecule has 1 unspecified atom stereocenters. The van der Waals surface area contributed by atoms with Crippen molar-refractivity contribution in [1.29, 1.82) is 5.26 Å². The van der Waals surface area contributed by atoms with Crippen LogP contribution in [0.3, 0.4) is 0 Å². The van der Waals surface area contributed by atoms with Crippen molar-refractivity contribution in [2.24, 2.45) is 11.7 Å². The minimum absolute atomic E-state index is 0.0895. The molecular formula is C24H28FN5O2. The van der Waals surface area contributed by atoms with Crippen molar-refractivity contribution in [1.82, 2.24) is 14.7 Å². The number of carbonyl (C=O) groups is 2. The van der Waals surface area contributed by atoms with Gasteiger partial charge in [0.2, 0.25) is 11.8 Å². The zero-order valence-electron chi connectivity index (χ0n) is 18.0. The van der Waals surface area contributed by atoms with Gasteiger partial charge in [-0.25, -0.2) is 4.39 Å². The van der Waals surface area contributed by atoms with Gasteiger partial charge >= 0.3 is 0 Å². The fourth-order valence-electron chi connectivity index (χ4n) is 6.78. The summed E-state index contributed by atoms with van der Waals surface area (Å²) in [6.07, 6.45) is 5.34. The molecule has 3 aliphatic heterocycles. The lowest BCUT2D eigenvalue weighted by molar-refractivity contribution is -0.150. The largest absolute Gasteiger partial charge is 0.327 e. The molecule has 2 amide bonds. The molecule has 5 fully saturated rings. The molecule has 0 aromatic heterocycles. The van der Waals surface area contributed by atoms with Gasteiger partial charge in [-0.15, -0.1) is 0 Å². The van der Waals surface area contributed by atoms with Gasteiger partial charge in [0.25, 0.3) is 0 Å². The molecule has 0 spiro atoms. The molecule has 2 N–H and O–H groups in total. The van der Waals surface area contributed by atoms with Crippen molar-refractivity contribution in [2.75, 3.05) is 13.1 Å². The fourth-order valence-corrected chi connectivity index (χ4v) is 6.78. The Hall–Kier alpha value is -2.50. The van der Waals surface area contributed by atoms with Gasteiger partial charge in [0.05, 0.1) is 23.7 Å². The van der Waals surface area contributed by atoms with Crippen molar-refractivity contribution in [2.45, 2.75) is 74.3 Å². The van der Waals surface area contributed by atoms with Gasteiger partial charge in [0.1, 0.15) is 11.9 Å². The summed E-state index contributed by atoms with van der Waals surface area (Å²) in [7, 11) is 0. The Kier molecular flexibility index (Phi) is 4.40. The van der Waals surface area contributed by atoms with Crippen LogP contribution in [0.1, 0.15) is 44.1 Å². The van der Waals surface area contributed by atoms with Gasteiger partial charge in [-0.1, -0.05) is 12.1 Å². The molecule has 6 atom stereocenters. The van der Waals surface area contributed by atoms with Crippen LogP contribution in [0.5, 0.6) is 0 Å². The van der Waals surface area contributed by atoms with Crippen LogP contribution in [0.4, 0.5) is 4.39 Å². The fraction of sp³-hybridized carbons (Fsp3) is 0.625. The first kappa shape index (κ1) is 20.1. The average molecular weight is 438 g/mol. The Morgan fingerprint density at radius 3 is 2.62 bits per heavy atom. The number of piperidine rings is 1. The van der Waals surface area contributed by atoms with Crippen LogP contribution in [0.2, 0.25) is 0 Å². The Balaban J connectivity index is 1.15. The first-order chi connectivity index (χ1) is 15.4. The Bertz CT molecular complexity index is 1000. The third-order valence-electron chi connectivity index (χ3n) is 8.55. The third-order valence-corrected chi connectivity index (χ3v) is 8.55. The Morgan fingerprint density at radius 1 is 1.25 bits per heavy atom. The number of fused-ring (bicyclic) bond motifs is 3. The molecule has 2 saturated carbocycles. The predicted octanol–water partition coefficient (Wildman–Crippen LogP) is 1.33. The zero-order chi connectivity index (χ0) is 22.2. The van der Waals surface area contributed by atoms with Crippen LogP contribution in [0.25, 0.3) is 0 Å². The predicted molar refractivity (Wildman–Crippen MR) is 113 cm³/mol. The van der Waals surface area contributed by atoms with Crippen molar-refractivity contribution >= 4 is 11.8 Å². The highest BCUT2D eigenvalue weighted by molar-refractivity contribution is 5.87. The third kappa shape index (κ3) is 2.77. The van der Waals surface area contributed by atoms with Crippen LogP contribution in [-0.4, -0.2) is 69.8 Å². The van der Waals surface area contributed by atoms with Crippen molar-refractivity contribution < 1.29 is 14.0 Å². The first-order valence-electron chi connectivity index (χ1n) is 11.7. The molecule has 2 aliphatic carbocycles. The van der Waals surface area contributed by atoms with Crippen LogP contribution in [-0.2, 0) is 15.1 Å². The molecule has 5 aliphatic rings. The number of amides is 2. The van der Waals surface area contributed by atoms with E-state index in [1.165, 1.54) is 12.1 Å². The maximum atomic E-state index is 13.5. The number of hydrogen-bond donors (Lipinski definition) is 1. The van der Waals surface area contributed by atoms with E-state index in [-0.39, 0.29) is 47.3 Å². The van der Waals surface area contributed by atoms with E-state index < -0.39 is 6.04 Å². The number of rotatable bonds is 5. The van der Waals surface area contributed by atoms with Crippen molar-refractivity contribution in [3.8, 4) is 6.07 Å². The lowest BCUT2D eigenvalue weighted by Crippen LogP contribution is -2.62. The molecule has 0 radical (unpaired) electrons. The second-order valence-corrected chi connectivity index (χ2v) is 10.3. The lowest BCUT2D eigenvalue weighted by Gasteiger charge is -2.53. The van der Waals surface area contributed by atoms with E-state index in [9.17, 15) is 19.2 Å². The van der Waals surface area contributed by atoms with Gasteiger partial charge in [0.15, 0.2) is 0 Å². The van der Waals surface area contributed by atoms with Gasteiger partial charge in [-0.3, -0.25) is 14.5 Å². The van der Waals surface area contributed by atoms with Crippen LogP contribution < -0.4 is 5.73 Å². The number of hydrogen-bond acceptors (Lipinski definition) is 5. The molecule has 1 aromatic rings. The van der Waals surface area contributed by atoms with E-state index >= 15 is 0 Å². The number of piperazine rings is 1. The summed E-state index contributed by atoms with van der Waals surface area (Å²) in [4.78, 5) is 32.3. The highest BCUT2D eigenvalue weighted by Gasteiger charge is 2.59. The van der Waals surface area contributed by atoms with E-state index in [2.05, 4.69) is 15.9 Å². The smallest absolute Gasteiger partial charge is 0.242 e. The molecule has 8 heteroatoms. The van der Waals surface area contributed by atoms with E-state index in [0.717, 1.165) is 44.1 Å². The van der Waals surface area contributed by atoms with E-state index in [1.54, 1.807) is 4.90 Å². The molecule has 2 bridgehead atoms. The molecule has 32 heavy (non-hydrogen) atoms. The highest BCUT2D eigenvalue weighted by atomic mass is 19.1. The Labute approximate surface area is 186 Å². The van der Waals surface area contributed by atoms with Crippen molar-refractivity contribution in [3.05, 3.63) is 35.6 Å². The minimum Gasteiger partial charge on any atom is -0.327 e. The molecule has 7 nitrogen and oxygen atoms in total. The molecule has 168 valence electrons. The second-order valence-electron chi connectivity index (χ2n) is 10.3. The molecule has 3 heterocycles. The summed E-state index contributed by atoms with van der Waals surface area (Å²) in [5.41, 5.74) is 7.00. The minimum atomic E-state index is -0.722. The summed E-state index contributed by atoms with van der Waals surface area (Å²) in [6.45, 7) is 1.04. The van der Waals surface area contributed by atoms with Gasteiger partial charge < -0.3 is 15.5 Å². The maximum absolute atomic E-state index is 13.5. The topological polar surface area (TPSA) is 93.7 Å². The molecule has 1 aromatic carbocycles. The summed E-state index contributed by atoms with van der Waals surface area (Å²) < 4.78 is 13.5.